The molecule has 0 saturated carbocycles. The zero-order valence-corrected chi connectivity index (χ0v) is 10.8. The van der Waals surface area contributed by atoms with Crippen LogP contribution < -0.4 is 0 Å². The van der Waals surface area contributed by atoms with E-state index >= 15 is 0 Å². The number of unbranched alkanes of at least 4 members (excludes halogenated alkanes) is 1. The van der Waals surface area contributed by atoms with Gasteiger partial charge in [-0.25, -0.2) is 0 Å². The number of nitrogens with zero attached hydrogens (tertiary/aromatic N) is 2. The molecule has 0 aromatic carbocycles. The van der Waals surface area contributed by atoms with Crippen LogP contribution in [0.15, 0.2) is 30.7 Å². The summed E-state index contributed by atoms with van der Waals surface area (Å²) in [5.74, 6) is 0.188. The normalized spacial score (nSPS) is 11.4. The molecule has 0 bridgehead atoms. The molecule has 0 spiro atoms. The Kier molecular flexibility index (Phi) is 5.40. The molecule has 17 heavy (non-hydrogen) atoms. The number of allylic oxidation sites excluding steroid dienone is 1. The van der Waals surface area contributed by atoms with Crippen molar-refractivity contribution in [2.24, 2.45) is 0 Å². The summed E-state index contributed by atoms with van der Waals surface area (Å²) in [6.07, 6.45) is 7.89. The van der Waals surface area contributed by atoms with Crippen molar-refractivity contribution in [1.29, 1.82) is 0 Å². The SMILES string of the molecule is CCCCC(=O)C(=CN(C)C)c1cccnc1. The summed E-state index contributed by atoms with van der Waals surface area (Å²) in [7, 11) is 3.84. The topological polar surface area (TPSA) is 33.2 Å². The molecule has 0 N–H and O–H groups in total. The molecule has 1 aromatic rings. The van der Waals surface area contributed by atoms with E-state index in [0.717, 1.165) is 24.0 Å². The molecular weight excluding hydrogens is 212 g/mol. The number of rotatable bonds is 6. The van der Waals surface area contributed by atoms with Gasteiger partial charge in [-0.2, -0.15) is 0 Å². The molecule has 1 aromatic heterocycles. The Morgan fingerprint density at radius 3 is 2.76 bits per heavy atom. The van der Waals surface area contributed by atoms with Gasteiger partial charge in [0.2, 0.25) is 0 Å². The first kappa shape index (κ1) is 13.4. The van der Waals surface area contributed by atoms with Gasteiger partial charge in [-0.3, -0.25) is 9.78 Å². The monoisotopic (exact) mass is 232 g/mol. The lowest BCUT2D eigenvalue weighted by molar-refractivity contribution is -0.113. The second-order valence-corrected chi connectivity index (χ2v) is 4.27. The molecule has 0 aliphatic heterocycles. The molecule has 1 rings (SSSR count). The first-order valence-corrected chi connectivity index (χ1v) is 5.97. The Bertz CT molecular complexity index is 382. The number of hydrogen-bond donors (Lipinski definition) is 0. The Morgan fingerprint density at radius 2 is 2.24 bits per heavy atom. The van der Waals surface area contributed by atoms with Crippen LogP contribution in [0.1, 0.15) is 31.7 Å². The van der Waals surface area contributed by atoms with Gasteiger partial charge < -0.3 is 4.90 Å². The highest BCUT2D eigenvalue weighted by Crippen LogP contribution is 2.17. The van der Waals surface area contributed by atoms with E-state index in [9.17, 15) is 4.79 Å². The summed E-state index contributed by atoms with van der Waals surface area (Å²) in [5.41, 5.74) is 1.64. The van der Waals surface area contributed by atoms with E-state index in [0.29, 0.717) is 6.42 Å². The van der Waals surface area contributed by atoms with Gasteiger partial charge in [0.15, 0.2) is 5.78 Å². The van der Waals surface area contributed by atoms with Crippen molar-refractivity contribution in [2.75, 3.05) is 14.1 Å². The highest BCUT2D eigenvalue weighted by molar-refractivity contribution is 6.20. The standard InChI is InChI=1S/C14H20N2O/c1-4-5-8-14(17)13(11-16(2)3)12-7-6-9-15-10-12/h6-7,9-11H,4-5,8H2,1-3H3. The fourth-order valence-electron chi connectivity index (χ4n) is 1.56. The number of carbonyl (C=O) groups is 1. The summed E-state index contributed by atoms with van der Waals surface area (Å²) >= 11 is 0. The number of aromatic nitrogens is 1. The van der Waals surface area contributed by atoms with E-state index in [1.54, 1.807) is 12.4 Å². The summed E-state index contributed by atoms with van der Waals surface area (Å²) in [5, 5.41) is 0. The van der Waals surface area contributed by atoms with E-state index in [4.69, 9.17) is 0 Å². The third-order valence-corrected chi connectivity index (χ3v) is 2.42. The summed E-state index contributed by atoms with van der Waals surface area (Å²) in [6.45, 7) is 2.09. The smallest absolute Gasteiger partial charge is 0.164 e. The summed E-state index contributed by atoms with van der Waals surface area (Å²) in [4.78, 5) is 18.1. The van der Waals surface area contributed by atoms with Crippen LogP contribution in [-0.4, -0.2) is 29.8 Å². The Balaban J connectivity index is 2.93. The second kappa shape index (κ2) is 6.84. The molecule has 0 unspecified atom stereocenters. The van der Waals surface area contributed by atoms with E-state index in [2.05, 4.69) is 11.9 Å². The van der Waals surface area contributed by atoms with Crippen LogP contribution >= 0.6 is 0 Å². The molecule has 3 nitrogen and oxygen atoms in total. The van der Waals surface area contributed by atoms with Gasteiger partial charge in [-0.15, -0.1) is 0 Å². The van der Waals surface area contributed by atoms with Crippen LogP contribution in [0, 0.1) is 0 Å². The van der Waals surface area contributed by atoms with Crippen molar-refractivity contribution in [3.05, 3.63) is 36.3 Å². The van der Waals surface area contributed by atoms with Crippen molar-refractivity contribution in [3.8, 4) is 0 Å². The minimum atomic E-state index is 0.188. The van der Waals surface area contributed by atoms with Gasteiger partial charge in [0.25, 0.3) is 0 Å². The molecule has 0 aliphatic rings. The summed E-state index contributed by atoms with van der Waals surface area (Å²) in [6, 6.07) is 3.78. The van der Waals surface area contributed by atoms with Crippen LogP contribution in [0.4, 0.5) is 0 Å². The minimum absolute atomic E-state index is 0.188. The number of carbonyl (C=O) groups excluding carboxylic acids is 1. The lowest BCUT2D eigenvalue weighted by Gasteiger charge is -2.11. The van der Waals surface area contributed by atoms with E-state index in [-0.39, 0.29) is 5.78 Å². The van der Waals surface area contributed by atoms with Crippen LogP contribution in [0.2, 0.25) is 0 Å². The largest absolute Gasteiger partial charge is 0.383 e. The number of Topliss-reactive ketones (excluding diaryl/α,β-unsaturated/α-hetero) is 1. The van der Waals surface area contributed by atoms with Crippen LogP contribution in [0.25, 0.3) is 5.57 Å². The second-order valence-electron chi connectivity index (χ2n) is 4.27. The Morgan fingerprint density at radius 1 is 1.47 bits per heavy atom. The van der Waals surface area contributed by atoms with Gasteiger partial charge in [-0.05, 0) is 12.5 Å². The van der Waals surface area contributed by atoms with Gasteiger partial charge in [0, 0.05) is 50.2 Å². The van der Waals surface area contributed by atoms with Gasteiger partial charge in [-0.1, -0.05) is 19.4 Å². The van der Waals surface area contributed by atoms with Crippen LogP contribution in [0.3, 0.4) is 0 Å². The maximum atomic E-state index is 12.1. The third-order valence-electron chi connectivity index (χ3n) is 2.42. The highest BCUT2D eigenvalue weighted by atomic mass is 16.1. The quantitative estimate of drug-likeness (QED) is 0.707. The fourth-order valence-corrected chi connectivity index (χ4v) is 1.56. The fraction of sp³-hybridized carbons (Fsp3) is 0.429. The van der Waals surface area contributed by atoms with Crippen molar-refractivity contribution in [3.63, 3.8) is 0 Å². The van der Waals surface area contributed by atoms with Gasteiger partial charge >= 0.3 is 0 Å². The van der Waals surface area contributed by atoms with Crippen molar-refractivity contribution in [2.45, 2.75) is 26.2 Å². The molecule has 0 atom stereocenters. The molecule has 1 heterocycles. The lowest BCUT2D eigenvalue weighted by Crippen LogP contribution is -2.09. The first-order chi connectivity index (χ1) is 8.15. The molecular formula is C14H20N2O. The van der Waals surface area contributed by atoms with Gasteiger partial charge in [0.1, 0.15) is 0 Å². The Labute approximate surface area is 103 Å². The third kappa shape index (κ3) is 4.39. The molecule has 0 aliphatic carbocycles. The maximum absolute atomic E-state index is 12.1. The minimum Gasteiger partial charge on any atom is -0.383 e. The van der Waals surface area contributed by atoms with Crippen molar-refractivity contribution in [1.82, 2.24) is 9.88 Å². The predicted molar refractivity (Wildman–Crippen MR) is 70.4 cm³/mol. The zero-order chi connectivity index (χ0) is 12.7. The summed E-state index contributed by atoms with van der Waals surface area (Å²) < 4.78 is 0. The molecule has 0 amide bonds. The van der Waals surface area contributed by atoms with E-state index in [1.807, 2.05) is 37.3 Å². The average Bonchev–Trinajstić information content (AvgIpc) is 2.34. The van der Waals surface area contributed by atoms with E-state index in [1.165, 1.54) is 0 Å². The maximum Gasteiger partial charge on any atom is 0.164 e. The van der Waals surface area contributed by atoms with Crippen molar-refractivity contribution >= 4 is 11.4 Å². The zero-order valence-electron chi connectivity index (χ0n) is 10.8. The average molecular weight is 232 g/mol. The molecule has 3 heteroatoms. The van der Waals surface area contributed by atoms with Crippen LogP contribution in [0.5, 0.6) is 0 Å². The molecule has 92 valence electrons. The highest BCUT2D eigenvalue weighted by Gasteiger charge is 2.11. The number of ketones is 1. The molecule has 0 fully saturated rings. The Hall–Kier alpha value is -1.64. The predicted octanol–water partition coefficient (Wildman–Crippen LogP) is 2.74. The molecule has 0 saturated heterocycles. The molecule has 0 radical (unpaired) electrons. The van der Waals surface area contributed by atoms with Crippen molar-refractivity contribution < 1.29 is 4.79 Å². The van der Waals surface area contributed by atoms with Gasteiger partial charge in [0.05, 0.1) is 0 Å². The number of hydrogen-bond acceptors (Lipinski definition) is 3. The van der Waals surface area contributed by atoms with E-state index < -0.39 is 0 Å². The number of pyridine rings is 1. The van der Waals surface area contributed by atoms with Crippen LogP contribution in [-0.2, 0) is 4.79 Å². The first-order valence-electron chi connectivity index (χ1n) is 5.97. The lowest BCUT2D eigenvalue weighted by atomic mass is 10.0.